The molecule has 0 bridgehead atoms. The Hall–Kier alpha value is -3.45. The Bertz CT molecular complexity index is 1230. The van der Waals surface area contributed by atoms with Gasteiger partial charge < -0.3 is 9.73 Å². The maximum atomic E-state index is 12.6. The molecule has 1 amide bonds. The molecule has 0 aliphatic rings. The van der Waals surface area contributed by atoms with E-state index in [2.05, 4.69) is 15.6 Å². The van der Waals surface area contributed by atoms with Gasteiger partial charge in [-0.2, -0.15) is 0 Å². The van der Waals surface area contributed by atoms with Crippen LogP contribution in [0.5, 0.6) is 0 Å². The Morgan fingerprint density at radius 3 is 2.81 bits per heavy atom. The molecule has 0 unspecified atom stereocenters. The number of aromatic nitrogens is 3. The summed E-state index contributed by atoms with van der Waals surface area (Å²) in [6.07, 6.45) is 0. The molecule has 0 saturated heterocycles. The second kappa shape index (κ2) is 6.69. The average Bonchev–Trinajstić information content (AvgIpc) is 3.03. The Morgan fingerprint density at radius 2 is 2.00 bits per heavy atom. The van der Waals surface area contributed by atoms with E-state index in [4.69, 9.17) is 16.0 Å². The van der Waals surface area contributed by atoms with Crippen LogP contribution < -0.4 is 10.9 Å². The van der Waals surface area contributed by atoms with Crippen molar-refractivity contribution in [2.45, 2.75) is 6.92 Å². The first-order valence-corrected chi connectivity index (χ1v) is 8.42. The number of hydrogen-bond donors (Lipinski definition) is 1. The highest BCUT2D eigenvalue weighted by atomic mass is 35.5. The summed E-state index contributed by atoms with van der Waals surface area (Å²) in [5.41, 5.74) is 2.08. The minimum atomic E-state index is -0.424. The number of carbonyl (C=O) groups is 1. The maximum absolute atomic E-state index is 12.6. The van der Waals surface area contributed by atoms with E-state index >= 15 is 0 Å². The number of benzene rings is 2. The first-order chi connectivity index (χ1) is 13.0. The van der Waals surface area contributed by atoms with E-state index in [-0.39, 0.29) is 5.69 Å². The molecule has 0 saturated carbocycles. The Morgan fingerprint density at radius 1 is 1.15 bits per heavy atom. The van der Waals surface area contributed by atoms with Crippen molar-refractivity contribution in [1.29, 1.82) is 0 Å². The molecular weight excluding hydrogens is 368 g/mol. The lowest BCUT2D eigenvalue weighted by atomic mass is 10.2. The molecule has 2 heterocycles. The molecule has 0 fully saturated rings. The summed E-state index contributed by atoms with van der Waals surface area (Å²) >= 11 is 6.01. The van der Waals surface area contributed by atoms with Crippen LogP contribution in [0.1, 0.15) is 16.2 Å². The Balaban J connectivity index is 1.62. The van der Waals surface area contributed by atoms with E-state index < -0.39 is 11.5 Å². The molecule has 4 rings (SSSR count). The smallest absolute Gasteiger partial charge is 0.336 e. The van der Waals surface area contributed by atoms with E-state index in [0.29, 0.717) is 33.1 Å². The molecule has 0 aliphatic heterocycles. The summed E-state index contributed by atoms with van der Waals surface area (Å²) in [5, 5.41) is 12.1. The van der Waals surface area contributed by atoms with Crippen molar-refractivity contribution in [3.05, 3.63) is 81.4 Å². The molecule has 0 radical (unpaired) electrons. The third-order valence-electron chi connectivity index (χ3n) is 4.04. The molecule has 2 aromatic carbocycles. The van der Waals surface area contributed by atoms with Crippen molar-refractivity contribution < 1.29 is 9.21 Å². The van der Waals surface area contributed by atoms with Crippen LogP contribution >= 0.6 is 11.6 Å². The monoisotopic (exact) mass is 380 g/mol. The molecule has 4 aromatic rings. The van der Waals surface area contributed by atoms with E-state index in [1.807, 2.05) is 6.07 Å². The van der Waals surface area contributed by atoms with Crippen LogP contribution in [0.15, 0.2) is 63.8 Å². The molecule has 134 valence electrons. The van der Waals surface area contributed by atoms with Crippen LogP contribution in [0.2, 0.25) is 5.02 Å². The van der Waals surface area contributed by atoms with Crippen molar-refractivity contribution in [2.75, 3.05) is 5.32 Å². The van der Waals surface area contributed by atoms with Crippen molar-refractivity contribution >= 4 is 34.2 Å². The number of carbonyl (C=O) groups excluding carboxylic acids is 1. The lowest BCUT2D eigenvalue weighted by molar-refractivity contribution is 0.102. The quantitative estimate of drug-likeness (QED) is 0.548. The molecule has 0 aliphatic carbocycles. The number of rotatable bonds is 3. The highest BCUT2D eigenvalue weighted by Crippen LogP contribution is 2.20. The van der Waals surface area contributed by atoms with Gasteiger partial charge in [0.2, 0.25) is 0 Å². The Labute approximate surface area is 158 Å². The maximum Gasteiger partial charge on any atom is 0.336 e. The highest BCUT2D eigenvalue weighted by Gasteiger charge is 2.18. The largest absolute Gasteiger partial charge is 0.423 e. The summed E-state index contributed by atoms with van der Waals surface area (Å²) < 4.78 is 6.63. The number of fused-ring (bicyclic) bond motifs is 1. The summed E-state index contributed by atoms with van der Waals surface area (Å²) in [5.74, 6) is -0.391. The SMILES string of the molecule is Cc1c(C(=O)Nc2ccc3oc(=O)ccc3c2)nnn1-c1cccc(Cl)c1. The summed E-state index contributed by atoms with van der Waals surface area (Å²) in [6, 6.07) is 15.1. The van der Waals surface area contributed by atoms with Gasteiger partial charge in [-0.05, 0) is 49.4 Å². The van der Waals surface area contributed by atoms with Crippen molar-refractivity contribution in [2.24, 2.45) is 0 Å². The first-order valence-electron chi connectivity index (χ1n) is 8.05. The number of amides is 1. The first kappa shape index (κ1) is 17.0. The summed E-state index contributed by atoms with van der Waals surface area (Å²) in [7, 11) is 0. The standard InChI is InChI=1S/C19H13ClN4O3/c1-11-18(22-23-24(11)15-4-2-3-13(20)10-15)19(26)21-14-6-7-16-12(9-14)5-8-17(25)27-16/h2-10H,1H3,(H,21,26). The molecular formula is C19H13ClN4O3. The van der Waals surface area contributed by atoms with Gasteiger partial charge in [0.15, 0.2) is 5.69 Å². The van der Waals surface area contributed by atoms with Crippen LogP contribution in [-0.4, -0.2) is 20.9 Å². The molecule has 2 aromatic heterocycles. The number of hydrogen-bond acceptors (Lipinski definition) is 5. The fourth-order valence-corrected chi connectivity index (χ4v) is 2.92. The van der Waals surface area contributed by atoms with Gasteiger partial charge in [0.1, 0.15) is 5.58 Å². The van der Waals surface area contributed by atoms with Gasteiger partial charge in [0, 0.05) is 22.2 Å². The zero-order valence-electron chi connectivity index (χ0n) is 14.1. The van der Waals surface area contributed by atoms with Crippen molar-refractivity contribution in [1.82, 2.24) is 15.0 Å². The van der Waals surface area contributed by atoms with Gasteiger partial charge in [0.25, 0.3) is 5.91 Å². The fourth-order valence-electron chi connectivity index (χ4n) is 2.73. The van der Waals surface area contributed by atoms with Gasteiger partial charge in [-0.3, -0.25) is 4.79 Å². The highest BCUT2D eigenvalue weighted by molar-refractivity contribution is 6.30. The van der Waals surface area contributed by atoms with Gasteiger partial charge in [-0.15, -0.1) is 5.10 Å². The zero-order chi connectivity index (χ0) is 19.0. The zero-order valence-corrected chi connectivity index (χ0v) is 14.9. The predicted molar refractivity (Wildman–Crippen MR) is 102 cm³/mol. The van der Waals surface area contributed by atoms with Crippen LogP contribution in [-0.2, 0) is 0 Å². The summed E-state index contributed by atoms with van der Waals surface area (Å²) in [4.78, 5) is 23.9. The van der Waals surface area contributed by atoms with E-state index in [9.17, 15) is 9.59 Å². The molecule has 0 spiro atoms. The second-order valence-corrected chi connectivity index (χ2v) is 6.31. The van der Waals surface area contributed by atoms with E-state index in [1.54, 1.807) is 54.1 Å². The van der Waals surface area contributed by atoms with Gasteiger partial charge >= 0.3 is 5.63 Å². The minimum absolute atomic E-state index is 0.203. The number of anilines is 1. The van der Waals surface area contributed by atoms with Crippen molar-refractivity contribution in [3.8, 4) is 5.69 Å². The molecule has 1 N–H and O–H groups in total. The fraction of sp³-hybridized carbons (Fsp3) is 0.0526. The third-order valence-corrected chi connectivity index (χ3v) is 4.27. The van der Waals surface area contributed by atoms with Crippen LogP contribution in [0.25, 0.3) is 16.7 Å². The predicted octanol–water partition coefficient (Wildman–Crippen LogP) is 3.59. The molecule has 27 heavy (non-hydrogen) atoms. The Kier molecular flexibility index (Phi) is 4.21. The lowest BCUT2D eigenvalue weighted by Gasteiger charge is -2.06. The molecule has 7 nitrogen and oxygen atoms in total. The van der Waals surface area contributed by atoms with E-state index in [0.717, 1.165) is 0 Å². The lowest BCUT2D eigenvalue weighted by Crippen LogP contribution is -2.14. The number of halogens is 1. The van der Waals surface area contributed by atoms with E-state index in [1.165, 1.54) is 6.07 Å². The second-order valence-electron chi connectivity index (χ2n) is 5.88. The van der Waals surface area contributed by atoms with Gasteiger partial charge in [-0.1, -0.05) is 22.9 Å². The minimum Gasteiger partial charge on any atom is -0.423 e. The topological polar surface area (TPSA) is 90.0 Å². The average molecular weight is 381 g/mol. The van der Waals surface area contributed by atoms with Crippen LogP contribution in [0, 0.1) is 6.92 Å². The van der Waals surface area contributed by atoms with Crippen LogP contribution in [0.4, 0.5) is 5.69 Å². The summed E-state index contributed by atoms with van der Waals surface area (Å²) in [6.45, 7) is 1.75. The third kappa shape index (κ3) is 3.32. The normalized spacial score (nSPS) is 10.9. The number of nitrogens with zero attached hydrogens (tertiary/aromatic N) is 3. The van der Waals surface area contributed by atoms with Gasteiger partial charge in [0.05, 0.1) is 11.4 Å². The van der Waals surface area contributed by atoms with Gasteiger partial charge in [-0.25, -0.2) is 9.48 Å². The molecule has 8 heteroatoms. The number of nitrogens with one attached hydrogen (secondary N) is 1. The molecule has 0 atom stereocenters. The van der Waals surface area contributed by atoms with Crippen molar-refractivity contribution in [3.63, 3.8) is 0 Å². The van der Waals surface area contributed by atoms with Crippen LogP contribution in [0.3, 0.4) is 0 Å².